The minimum absolute atomic E-state index is 0.183. The molecule has 0 aliphatic heterocycles. The lowest BCUT2D eigenvalue weighted by Gasteiger charge is -2.20. The van der Waals surface area contributed by atoms with Crippen molar-refractivity contribution in [3.8, 4) is 0 Å². The summed E-state index contributed by atoms with van der Waals surface area (Å²) in [4.78, 5) is 1.99. The number of hydrogen-bond acceptors (Lipinski definition) is 2. The molecular formula is C17H20FNO. The number of hydrogen-bond donors (Lipinski definition) is 1. The number of nitrogens with zero attached hydrogens (tertiary/aromatic N) is 1. The first-order valence-corrected chi connectivity index (χ1v) is 6.84. The lowest BCUT2D eigenvalue weighted by molar-refractivity contribution is 0.173. The van der Waals surface area contributed by atoms with E-state index in [1.165, 1.54) is 6.07 Å². The predicted molar refractivity (Wildman–Crippen MR) is 80.2 cm³/mol. The Bertz CT molecular complexity index is 553. The van der Waals surface area contributed by atoms with Crippen molar-refractivity contribution in [2.45, 2.75) is 26.0 Å². The number of aliphatic hydroxyl groups is 1. The Hall–Kier alpha value is -1.87. The Kier molecular flexibility index (Phi) is 4.74. The van der Waals surface area contributed by atoms with Gasteiger partial charge in [-0.05, 0) is 30.2 Å². The average Bonchev–Trinajstić information content (AvgIpc) is 2.49. The first kappa shape index (κ1) is 14.5. The number of benzene rings is 2. The van der Waals surface area contributed by atoms with Crippen LogP contribution in [0.25, 0.3) is 0 Å². The van der Waals surface area contributed by atoms with Crippen molar-refractivity contribution < 1.29 is 9.50 Å². The van der Waals surface area contributed by atoms with Crippen LogP contribution in [-0.4, -0.2) is 12.2 Å². The van der Waals surface area contributed by atoms with Crippen LogP contribution in [0.3, 0.4) is 0 Å². The predicted octanol–water partition coefficient (Wildman–Crippen LogP) is 3.91. The fourth-order valence-corrected chi connectivity index (χ4v) is 2.16. The maximum atomic E-state index is 13.6. The van der Waals surface area contributed by atoms with Gasteiger partial charge in [-0.1, -0.05) is 37.3 Å². The molecule has 0 saturated carbocycles. The molecule has 1 atom stereocenters. The first-order chi connectivity index (χ1) is 9.61. The number of halogens is 1. The molecule has 2 aromatic carbocycles. The Balaban J connectivity index is 2.10. The van der Waals surface area contributed by atoms with E-state index >= 15 is 0 Å². The van der Waals surface area contributed by atoms with Gasteiger partial charge in [-0.3, -0.25) is 0 Å². The number of rotatable bonds is 5. The van der Waals surface area contributed by atoms with Gasteiger partial charge in [0.25, 0.3) is 0 Å². The van der Waals surface area contributed by atoms with Gasteiger partial charge in [-0.15, -0.1) is 0 Å². The van der Waals surface area contributed by atoms with Crippen molar-refractivity contribution in [3.63, 3.8) is 0 Å². The molecule has 1 unspecified atom stereocenters. The molecule has 20 heavy (non-hydrogen) atoms. The van der Waals surface area contributed by atoms with E-state index in [1.807, 2.05) is 49.2 Å². The second-order valence-electron chi connectivity index (χ2n) is 4.96. The molecule has 3 heteroatoms. The van der Waals surface area contributed by atoms with Crippen LogP contribution in [0.2, 0.25) is 0 Å². The van der Waals surface area contributed by atoms with Crippen molar-refractivity contribution in [1.82, 2.24) is 0 Å². The van der Waals surface area contributed by atoms with Crippen LogP contribution in [0, 0.1) is 5.82 Å². The summed E-state index contributed by atoms with van der Waals surface area (Å²) in [6, 6.07) is 14.5. The highest BCUT2D eigenvalue weighted by Gasteiger charge is 2.08. The van der Waals surface area contributed by atoms with Gasteiger partial charge in [-0.25, -0.2) is 4.39 Å². The third-order valence-corrected chi connectivity index (χ3v) is 3.47. The molecule has 2 aromatic rings. The summed E-state index contributed by atoms with van der Waals surface area (Å²) in [5, 5.41) is 9.77. The summed E-state index contributed by atoms with van der Waals surface area (Å²) >= 11 is 0. The van der Waals surface area contributed by atoms with Crippen LogP contribution in [0.5, 0.6) is 0 Å². The van der Waals surface area contributed by atoms with Gasteiger partial charge in [0.15, 0.2) is 0 Å². The second-order valence-corrected chi connectivity index (χ2v) is 4.96. The van der Waals surface area contributed by atoms with E-state index in [9.17, 15) is 9.50 Å². The molecule has 0 amide bonds. The van der Waals surface area contributed by atoms with Crippen molar-refractivity contribution >= 4 is 5.69 Å². The van der Waals surface area contributed by atoms with E-state index < -0.39 is 6.10 Å². The maximum Gasteiger partial charge on any atom is 0.128 e. The van der Waals surface area contributed by atoms with Gasteiger partial charge in [0.1, 0.15) is 5.82 Å². The molecule has 2 rings (SSSR count). The average molecular weight is 273 g/mol. The van der Waals surface area contributed by atoms with E-state index in [0.29, 0.717) is 18.5 Å². The lowest BCUT2D eigenvalue weighted by Crippen LogP contribution is -2.17. The smallest absolute Gasteiger partial charge is 0.128 e. The molecule has 0 radical (unpaired) electrons. The molecular weight excluding hydrogens is 253 g/mol. The van der Waals surface area contributed by atoms with Crippen LogP contribution in [-0.2, 0) is 6.54 Å². The highest BCUT2D eigenvalue weighted by Crippen LogP contribution is 2.22. The van der Waals surface area contributed by atoms with Crippen LogP contribution in [0.1, 0.15) is 30.6 Å². The third kappa shape index (κ3) is 3.36. The Morgan fingerprint density at radius 3 is 2.35 bits per heavy atom. The van der Waals surface area contributed by atoms with Crippen molar-refractivity contribution in [1.29, 1.82) is 0 Å². The SMILES string of the molecule is CCC(O)c1ccc(N(C)Cc2ccccc2F)cc1. The van der Waals surface area contributed by atoms with Crippen molar-refractivity contribution in [2.24, 2.45) is 0 Å². The molecule has 0 aliphatic rings. The van der Waals surface area contributed by atoms with E-state index in [2.05, 4.69) is 0 Å². The van der Waals surface area contributed by atoms with Crippen molar-refractivity contribution in [2.75, 3.05) is 11.9 Å². The Morgan fingerprint density at radius 1 is 1.10 bits per heavy atom. The zero-order valence-corrected chi connectivity index (χ0v) is 11.9. The largest absolute Gasteiger partial charge is 0.388 e. The van der Waals surface area contributed by atoms with E-state index in [-0.39, 0.29) is 5.82 Å². The fourth-order valence-electron chi connectivity index (χ4n) is 2.16. The fraction of sp³-hybridized carbons (Fsp3) is 0.294. The molecule has 1 N–H and O–H groups in total. The summed E-state index contributed by atoms with van der Waals surface area (Å²) in [6.45, 7) is 2.46. The van der Waals surface area contributed by atoms with E-state index in [1.54, 1.807) is 12.1 Å². The first-order valence-electron chi connectivity index (χ1n) is 6.84. The quantitative estimate of drug-likeness (QED) is 0.893. The monoisotopic (exact) mass is 273 g/mol. The molecule has 0 aromatic heterocycles. The standard InChI is InChI=1S/C17H20FNO/c1-3-17(20)13-8-10-15(11-9-13)19(2)12-14-6-4-5-7-16(14)18/h4-11,17,20H,3,12H2,1-2H3. The number of aliphatic hydroxyl groups excluding tert-OH is 1. The maximum absolute atomic E-state index is 13.6. The summed E-state index contributed by atoms with van der Waals surface area (Å²) in [7, 11) is 1.93. The highest BCUT2D eigenvalue weighted by atomic mass is 19.1. The van der Waals surface area contributed by atoms with Gasteiger partial charge >= 0.3 is 0 Å². The zero-order chi connectivity index (χ0) is 14.5. The van der Waals surface area contributed by atoms with Crippen LogP contribution in [0.4, 0.5) is 10.1 Å². The third-order valence-electron chi connectivity index (χ3n) is 3.47. The number of anilines is 1. The minimum atomic E-state index is -0.416. The Morgan fingerprint density at radius 2 is 1.75 bits per heavy atom. The van der Waals surface area contributed by atoms with Gasteiger partial charge in [0.05, 0.1) is 6.10 Å². The van der Waals surface area contributed by atoms with Gasteiger partial charge in [0.2, 0.25) is 0 Å². The molecule has 0 spiro atoms. The topological polar surface area (TPSA) is 23.5 Å². The lowest BCUT2D eigenvalue weighted by atomic mass is 10.1. The van der Waals surface area contributed by atoms with Crippen LogP contribution < -0.4 is 4.90 Å². The van der Waals surface area contributed by atoms with Crippen molar-refractivity contribution in [3.05, 3.63) is 65.5 Å². The van der Waals surface area contributed by atoms with Crippen LogP contribution >= 0.6 is 0 Å². The molecule has 0 saturated heterocycles. The van der Waals surface area contributed by atoms with Gasteiger partial charge in [0, 0.05) is 24.8 Å². The summed E-state index contributed by atoms with van der Waals surface area (Å²) < 4.78 is 13.6. The summed E-state index contributed by atoms with van der Waals surface area (Å²) in [6.07, 6.45) is 0.283. The van der Waals surface area contributed by atoms with E-state index in [0.717, 1.165) is 11.3 Å². The van der Waals surface area contributed by atoms with Crippen LogP contribution in [0.15, 0.2) is 48.5 Å². The zero-order valence-electron chi connectivity index (χ0n) is 11.9. The highest BCUT2D eigenvalue weighted by molar-refractivity contribution is 5.47. The summed E-state index contributed by atoms with van der Waals surface area (Å²) in [5.41, 5.74) is 2.59. The van der Waals surface area contributed by atoms with Gasteiger partial charge < -0.3 is 10.0 Å². The molecule has 106 valence electrons. The second kappa shape index (κ2) is 6.53. The van der Waals surface area contributed by atoms with E-state index in [4.69, 9.17) is 0 Å². The molecule has 0 bridgehead atoms. The molecule has 0 fully saturated rings. The van der Waals surface area contributed by atoms with Gasteiger partial charge in [-0.2, -0.15) is 0 Å². The minimum Gasteiger partial charge on any atom is -0.388 e. The normalized spacial score (nSPS) is 12.2. The molecule has 2 nitrogen and oxygen atoms in total. The Labute approximate surface area is 119 Å². The molecule has 0 aliphatic carbocycles. The summed E-state index contributed by atoms with van der Waals surface area (Å²) in [5.74, 6) is -0.183. The molecule has 0 heterocycles.